The molecule has 0 atom stereocenters. The summed E-state index contributed by atoms with van der Waals surface area (Å²) >= 11 is 0. The van der Waals surface area contributed by atoms with Gasteiger partial charge in [0.2, 0.25) is 0 Å². The van der Waals surface area contributed by atoms with Gasteiger partial charge in [-0.25, -0.2) is 4.79 Å². The van der Waals surface area contributed by atoms with E-state index in [4.69, 9.17) is 9.26 Å². The standard InChI is InChI=1S/C19H14N2O4/c1-11-7-8-16-14(9-11)17(20-25-16)21-10-15(19(23)24-2)12-5-3-4-6-13(12)18(21)22/h3-10H,1-2H3. The third-order valence-electron chi connectivity index (χ3n) is 4.16. The topological polar surface area (TPSA) is 74.3 Å². The van der Waals surface area contributed by atoms with E-state index in [1.54, 1.807) is 30.3 Å². The number of nitrogens with zero attached hydrogens (tertiary/aromatic N) is 2. The van der Waals surface area contributed by atoms with Gasteiger partial charge in [0.15, 0.2) is 11.4 Å². The molecule has 25 heavy (non-hydrogen) atoms. The number of ether oxygens (including phenoxy) is 1. The van der Waals surface area contributed by atoms with Crippen molar-refractivity contribution >= 4 is 27.7 Å². The molecule has 0 N–H and O–H groups in total. The molecule has 0 aliphatic carbocycles. The number of rotatable bonds is 2. The highest BCUT2D eigenvalue weighted by Crippen LogP contribution is 2.24. The molecule has 0 aliphatic heterocycles. The normalized spacial score (nSPS) is 11.1. The molecule has 0 fully saturated rings. The Morgan fingerprint density at radius 1 is 1.12 bits per heavy atom. The zero-order valence-corrected chi connectivity index (χ0v) is 13.6. The molecule has 0 bridgehead atoms. The van der Waals surface area contributed by atoms with E-state index in [2.05, 4.69) is 5.16 Å². The zero-order chi connectivity index (χ0) is 17.6. The fraction of sp³-hybridized carbons (Fsp3) is 0.105. The first kappa shape index (κ1) is 15.1. The van der Waals surface area contributed by atoms with E-state index in [-0.39, 0.29) is 5.56 Å². The molecule has 6 nitrogen and oxygen atoms in total. The number of fused-ring (bicyclic) bond motifs is 2. The summed E-state index contributed by atoms with van der Waals surface area (Å²) in [6.07, 6.45) is 1.45. The Morgan fingerprint density at radius 3 is 2.64 bits per heavy atom. The summed E-state index contributed by atoms with van der Waals surface area (Å²) in [5.41, 5.74) is 1.60. The van der Waals surface area contributed by atoms with Gasteiger partial charge in [-0.05, 0) is 25.1 Å². The van der Waals surface area contributed by atoms with Gasteiger partial charge in [-0.15, -0.1) is 0 Å². The lowest BCUT2D eigenvalue weighted by atomic mass is 10.1. The van der Waals surface area contributed by atoms with Crippen molar-refractivity contribution < 1.29 is 14.1 Å². The first-order chi connectivity index (χ1) is 12.1. The Morgan fingerprint density at radius 2 is 1.88 bits per heavy atom. The van der Waals surface area contributed by atoms with Gasteiger partial charge in [0.05, 0.1) is 18.1 Å². The van der Waals surface area contributed by atoms with Crippen molar-refractivity contribution in [2.45, 2.75) is 6.92 Å². The molecule has 2 heterocycles. The molecule has 124 valence electrons. The maximum atomic E-state index is 12.9. The lowest BCUT2D eigenvalue weighted by molar-refractivity contribution is 0.0602. The molecule has 0 amide bonds. The summed E-state index contributed by atoms with van der Waals surface area (Å²) < 4.78 is 11.5. The number of esters is 1. The molecule has 0 radical (unpaired) electrons. The number of hydrogen-bond donors (Lipinski definition) is 0. The Balaban J connectivity index is 2.11. The van der Waals surface area contributed by atoms with Crippen LogP contribution in [0.25, 0.3) is 27.6 Å². The Kier molecular flexibility index (Phi) is 3.39. The number of methoxy groups -OCH3 is 1. The highest BCUT2D eigenvalue weighted by molar-refractivity contribution is 6.04. The van der Waals surface area contributed by atoms with E-state index in [1.807, 2.05) is 19.1 Å². The van der Waals surface area contributed by atoms with Crippen molar-refractivity contribution in [1.82, 2.24) is 9.72 Å². The summed E-state index contributed by atoms with van der Waals surface area (Å²) in [5, 5.41) is 5.69. The molecule has 0 saturated carbocycles. The first-order valence-electron chi connectivity index (χ1n) is 7.69. The van der Waals surface area contributed by atoms with E-state index in [9.17, 15) is 9.59 Å². The third-order valence-corrected chi connectivity index (χ3v) is 4.16. The van der Waals surface area contributed by atoms with Crippen LogP contribution >= 0.6 is 0 Å². The van der Waals surface area contributed by atoms with Crippen LogP contribution in [0.1, 0.15) is 15.9 Å². The number of aryl methyl sites for hydroxylation is 1. The summed E-state index contributed by atoms with van der Waals surface area (Å²) in [7, 11) is 1.31. The molecule has 0 unspecified atom stereocenters. The predicted molar refractivity (Wildman–Crippen MR) is 93.2 cm³/mol. The van der Waals surface area contributed by atoms with Crippen LogP contribution < -0.4 is 5.56 Å². The van der Waals surface area contributed by atoms with Crippen LogP contribution in [0.5, 0.6) is 0 Å². The van der Waals surface area contributed by atoms with Crippen LogP contribution in [0.3, 0.4) is 0 Å². The highest BCUT2D eigenvalue weighted by Gasteiger charge is 2.19. The molecular weight excluding hydrogens is 320 g/mol. The Bertz CT molecular complexity index is 1190. The first-order valence-corrected chi connectivity index (χ1v) is 7.69. The van der Waals surface area contributed by atoms with Crippen LogP contribution in [0.2, 0.25) is 0 Å². The Labute approximate surface area is 142 Å². The third kappa shape index (κ3) is 2.30. The van der Waals surface area contributed by atoms with E-state index in [0.29, 0.717) is 33.1 Å². The van der Waals surface area contributed by atoms with Crippen LogP contribution in [0.15, 0.2) is 58.0 Å². The number of carbonyl (C=O) groups is 1. The van der Waals surface area contributed by atoms with Gasteiger partial charge in [0.1, 0.15) is 0 Å². The van der Waals surface area contributed by atoms with E-state index in [1.165, 1.54) is 17.9 Å². The van der Waals surface area contributed by atoms with Gasteiger partial charge in [-0.3, -0.25) is 9.36 Å². The second-order valence-electron chi connectivity index (χ2n) is 5.76. The monoisotopic (exact) mass is 334 g/mol. The average molecular weight is 334 g/mol. The van der Waals surface area contributed by atoms with Crippen molar-refractivity contribution in [2.75, 3.05) is 7.11 Å². The Hall–Kier alpha value is -3.41. The summed E-state index contributed by atoms with van der Waals surface area (Å²) in [5.74, 6) is -0.173. The smallest absolute Gasteiger partial charge is 0.340 e. The minimum Gasteiger partial charge on any atom is -0.465 e. The predicted octanol–water partition coefficient (Wildman–Crippen LogP) is 3.23. The van der Waals surface area contributed by atoms with Gasteiger partial charge in [-0.2, -0.15) is 0 Å². The van der Waals surface area contributed by atoms with Gasteiger partial charge in [-0.1, -0.05) is 35.0 Å². The molecule has 0 saturated heterocycles. The van der Waals surface area contributed by atoms with Crippen LogP contribution in [-0.2, 0) is 4.74 Å². The number of benzene rings is 2. The van der Waals surface area contributed by atoms with Crippen molar-refractivity contribution in [2.24, 2.45) is 0 Å². The quantitative estimate of drug-likeness (QED) is 0.526. The van der Waals surface area contributed by atoms with Gasteiger partial charge in [0.25, 0.3) is 5.56 Å². The molecular formula is C19H14N2O4. The zero-order valence-electron chi connectivity index (χ0n) is 13.6. The van der Waals surface area contributed by atoms with Gasteiger partial charge in [0, 0.05) is 17.0 Å². The second-order valence-corrected chi connectivity index (χ2v) is 5.76. The van der Waals surface area contributed by atoms with Crippen molar-refractivity contribution in [1.29, 1.82) is 0 Å². The SMILES string of the molecule is COC(=O)c1cn(-c2noc3ccc(C)cc23)c(=O)c2ccccc12. The van der Waals surface area contributed by atoms with E-state index >= 15 is 0 Å². The molecule has 2 aromatic heterocycles. The van der Waals surface area contributed by atoms with Crippen molar-refractivity contribution in [3.05, 3.63) is 70.1 Å². The van der Waals surface area contributed by atoms with Crippen molar-refractivity contribution in [3.63, 3.8) is 0 Å². The number of aromatic nitrogens is 2. The van der Waals surface area contributed by atoms with E-state index < -0.39 is 5.97 Å². The summed E-state index contributed by atoms with van der Waals surface area (Å²) in [4.78, 5) is 25.1. The molecule has 0 aliphatic rings. The molecule has 4 aromatic rings. The van der Waals surface area contributed by atoms with Crippen LogP contribution in [0.4, 0.5) is 0 Å². The highest BCUT2D eigenvalue weighted by atomic mass is 16.5. The largest absolute Gasteiger partial charge is 0.465 e. The average Bonchev–Trinajstić information content (AvgIpc) is 3.04. The number of pyridine rings is 1. The lowest BCUT2D eigenvalue weighted by Crippen LogP contribution is -2.21. The fourth-order valence-corrected chi connectivity index (χ4v) is 2.93. The minimum atomic E-state index is -0.520. The second kappa shape index (κ2) is 5.59. The lowest BCUT2D eigenvalue weighted by Gasteiger charge is -2.09. The van der Waals surface area contributed by atoms with E-state index in [0.717, 1.165) is 5.56 Å². The van der Waals surface area contributed by atoms with Crippen molar-refractivity contribution in [3.8, 4) is 5.82 Å². The van der Waals surface area contributed by atoms with Gasteiger partial charge >= 0.3 is 5.97 Å². The van der Waals surface area contributed by atoms with Gasteiger partial charge < -0.3 is 9.26 Å². The molecule has 0 spiro atoms. The fourth-order valence-electron chi connectivity index (χ4n) is 2.93. The summed E-state index contributed by atoms with van der Waals surface area (Å²) in [6.45, 7) is 1.94. The number of carbonyl (C=O) groups excluding carboxylic acids is 1. The molecule has 4 rings (SSSR count). The minimum absolute atomic E-state index is 0.278. The number of hydrogen-bond acceptors (Lipinski definition) is 5. The van der Waals surface area contributed by atoms with Crippen LogP contribution in [0, 0.1) is 6.92 Å². The molecule has 6 heteroatoms. The van der Waals surface area contributed by atoms with Crippen LogP contribution in [-0.4, -0.2) is 22.8 Å². The maximum absolute atomic E-state index is 12.9. The maximum Gasteiger partial charge on any atom is 0.340 e. The molecule has 2 aromatic carbocycles. The summed E-state index contributed by atoms with van der Waals surface area (Å²) in [6, 6.07) is 12.5.